The number of nitrogens with zero attached hydrogens (tertiary/aromatic N) is 4. The fourth-order valence-electron chi connectivity index (χ4n) is 7.23. The highest BCUT2D eigenvalue weighted by molar-refractivity contribution is 7.99. The van der Waals surface area contributed by atoms with Gasteiger partial charge in [0, 0.05) is 72.5 Å². The number of nitro groups is 2. The van der Waals surface area contributed by atoms with Crippen molar-refractivity contribution in [3.63, 3.8) is 0 Å². The van der Waals surface area contributed by atoms with Gasteiger partial charge in [0.05, 0.1) is 94.2 Å². The maximum Gasteiger partial charge on any atom is 0.356 e. The maximum absolute atomic E-state index is 13.9. The summed E-state index contributed by atoms with van der Waals surface area (Å²) in [6.07, 6.45) is 1.34. The summed E-state index contributed by atoms with van der Waals surface area (Å²) < 4.78 is 21.0. The third-order valence-corrected chi connectivity index (χ3v) is 12.0. The number of carbonyl (C=O) groups excluding carboxylic acids is 6. The van der Waals surface area contributed by atoms with Crippen molar-refractivity contribution in [1.29, 1.82) is 0 Å². The summed E-state index contributed by atoms with van der Waals surface area (Å²) in [6, 6.07) is 10.5. The Balaban J connectivity index is 1.85. The Morgan fingerprint density at radius 1 is 0.632 bits per heavy atom. The van der Waals surface area contributed by atoms with Gasteiger partial charge in [0.1, 0.15) is 0 Å². The van der Waals surface area contributed by atoms with Crippen molar-refractivity contribution in [3.05, 3.63) is 137 Å². The first-order valence-electron chi connectivity index (χ1n) is 20.7. The maximum atomic E-state index is 13.9. The van der Waals surface area contributed by atoms with E-state index in [1.165, 1.54) is 85.9 Å². The number of hydrogen-bond donors (Lipinski definition) is 2. The number of rotatable bonds is 22. The van der Waals surface area contributed by atoms with Crippen LogP contribution in [-0.4, -0.2) is 119 Å². The highest BCUT2D eigenvalue weighted by Crippen LogP contribution is 2.46. The van der Waals surface area contributed by atoms with Gasteiger partial charge in [-0.15, -0.1) is 0 Å². The fraction of sp³-hybridized carbons (Fsp3) is 0.364. The second-order valence-corrected chi connectivity index (χ2v) is 16.3. The van der Waals surface area contributed by atoms with Crippen LogP contribution in [0.3, 0.4) is 0 Å². The highest BCUT2D eigenvalue weighted by Gasteiger charge is 2.45. The number of hydroxylamine groups is 4. The first-order chi connectivity index (χ1) is 32.5. The van der Waals surface area contributed by atoms with Crippen molar-refractivity contribution >= 4 is 70.7 Å². The summed E-state index contributed by atoms with van der Waals surface area (Å²) in [4.78, 5) is 117. The number of non-ortho nitro benzene ring substituents is 2. The lowest BCUT2D eigenvalue weighted by Crippen LogP contribution is -2.38. The third-order valence-electron chi connectivity index (χ3n) is 10.0. The summed E-state index contributed by atoms with van der Waals surface area (Å²) >= 11 is 2.45. The average Bonchev–Trinajstić information content (AvgIpc) is 3.32. The monoisotopic (exact) mass is 982 g/mol. The molecule has 0 aromatic heterocycles. The molecule has 0 fully saturated rings. The molecule has 364 valence electrons. The number of thioether (sulfide) groups is 2. The first-order valence-corrected chi connectivity index (χ1v) is 23.0. The molecule has 0 saturated carbocycles. The quantitative estimate of drug-likeness (QED) is 0.0413. The van der Waals surface area contributed by atoms with Gasteiger partial charge < -0.3 is 40.1 Å². The number of ether oxygens (including phenoxy) is 4. The Kier molecular flexibility index (Phi) is 19.9. The summed E-state index contributed by atoms with van der Waals surface area (Å²) in [6.45, 7) is 6.03. The van der Waals surface area contributed by atoms with Crippen LogP contribution in [0.2, 0.25) is 0 Å². The van der Waals surface area contributed by atoms with Gasteiger partial charge in [-0.3, -0.25) is 20.2 Å². The molecular formula is C44H50N6O16S2. The first kappa shape index (κ1) is 53.6. The van der Waals surface area contributed by atoms with Crippen LogP contribution in [0.15, 0.2) is 106 Å². The Labute approximate surface area is 398 Å². The van der Waals surface area contributed by atoms with E-state index in [9.17, 15) is 49.0 Å². The van der Waals surface area contributed by atoms with E-state index >= 15 is 0 Å². The topological polar surface area (TPSA) is 303 Å². The van der Waals surface area contributed by atoms with Gasteiger partial charge in [0.15, 0.2) is 0 Å². The van der Waals surface area contributed by atoms with Crippen LogP contribution in [0.1, 0.15) is 50.7 Å². The van der Waals surface area contributed by atoms with Gasteiger partial charge in [-0.05, 0) is 38.8 Å². The SMILES string of the molecule is CCOC(=O)C1=C(CSCCN)N(OC(=O)/C=C/C(=O)ON2C(C)=C(C(=O)OC)C(c3cccc([N+](=O)[O-])c3)C(C(=O)OCC)=C2CSCCN)C(C)=C(C(=O)OC)C1c1cccc([N+](=O)[O-])c1. The minimum Gasteiger partial charge on any atom is -0.466 e. The summed E-state index contributed by atoms with van der Waals surface area (Å²) in [5, 5.41) is 25.5. The molecule has 68 heavy (non-hydrogen) atoms. The number of benzene rings is 2. The molecule has 4 N–H and O–H groups in total. The minimum absolute atomic E-state index is 0.00635. The van der Waals surface area contributed by atoms with Crippen molar-refractivity contribution < 1.29 is 67.2 Å². The second-order valence-electron chi connectivity index (χ2n) is 14.1. The van der Waals surface area contributed by atoms with E-state index < -0.39 is 57.5 Å². The number of methoxy groups -OCH3 is 2. The number of esters is 4. The Morgan fingerprint density at radius 3 is 1.31 bits per heavy atom. The summed E-state index contributed by atoms with van der Waals surface area (Å²) in [5.74, 6) is -8.37. The lowest BCUT2D eigenvalue weighted by molar-refractivity contribution is -0.385. The molecule has 2 aromatic carbocycles. The molecule has 2 unspecified atom stereocenters. The van der Waals surface area contributed by atoms with Gasteiger partial charge >= 0.3 is 35.8 Å². The molecule has 24 heteroatoms. The van der Waals surface area contributed by atoms with E-state index in [0.717, 1.165) is 24.3 Å². The lowest BCUT2D eigenvalue weighted by atomic mass is 9.80. The van der Waals surface area contributed by atoms with Gasteiger partial charge in [-0.1, -0.05) is 24.3 Å². The van der Waals surface area contributed by atoms with Crippen LogP contribution < -0.4 is 11.5 Å². The molecule has 2 aliphatic heterocycles. The van der Waals surface area contributed by atoms with Gasteiger partial charge in [0.25, 0.3) is 11.4 Å². The summed E-state index contributed by atoms with van der Waals surface area (Å²) in [5.41, 5.74) is 10.1. The molecule has 2 aliphatic rings. The molecule has 2 aromatic rings. The summed E-state index contributed by atoms with van der Waals surface area (Å²) in [7, 11) is 2.15. The van der Waals surface area contributed by atoms with E-state index in [0.29, 0.717) is 23.7 Å². The van der Waals surface area contributed by atoms with E-state index in [-0.39, 0.29) is 105 Å². The van der Waals surface area contributed by atoms with E-state index in [1.807, 2.05) is 0 Å². The Bertz CT molecular complexity index is 2320. The van der Waals surface area contributed by atoms with Crippen LogP contribution in [0.5, 0.6) is 0 Å². The van der Waals surface area contributed by atoms with Crippen molar-refractivity contribution in [2.45, 2.75) is 39.5 Å². The van der Waals surface area contributed by atoms with Crippen LogP contribution in [0.25, 0.3) is 0 Å². The van der Waals surface area contributed by atoms with Crippen molar-refractivity contribution in [1.82, 2.24) is 10.1 Å². The molecule has 2 heterocycles. The lowest BCUT2D eigenvalue weighted by Gasteiger charge is -2.37. The molecule has 0 amide bonds. The molecule has 0 spiro atoms. The molecule has 0 bridgehead atoms. The zero-order valence-electron chi connectivity index (χ0n) is 37.9. The normalized spacial score (nSPS) is 16.2. The molecule has 0 radical (unpaired) electrons. The number of nitro benzene ring substituents is 2. The zero-order chi connectivity index (χ0) is 50.2. The second kappa shape index (κ2) is 25.2. The Morgan fingerprint density at radius 2 is 1.00 bits per heavy atom. The van der Waals surface area contributed by atoms with E-state index in [4.69, 9.17) is 40.1 Å². The number of allylic oxidation sites excluding steroid dienone is 2. The standard InChI is InChI=1S/C44H50N6O16S2/c1-7-63-43(55)39-31(23-67-19-17-45)47(25(3)35(41(53)61-5)37(39)27-11-9-13-29(21-27)49(57)58)65-33(51)15-16-34(52)66-48-26(4)36(42(54)62-6)38(28-12-10-14-30(22-28)50(59)60)40(44(56)64-8-2)32(48)24-68-20-18-46/h9-16,21-22,37-38H,7-8,17-20,23-24,45-46H2,1-6H3/b16-15+. The van der Waals surface area contributed by atoms with Crippen LogP contribution >= 0.6 is 23.5 Å². The molecule has 2 atom stereocenters. The van der Waals surface area contributed by atoms with Gasteiger partial charge in [-0.2, -0.15) is 33.7 Å². The molecule has 0 aliphatic carbocycles. The minimum atomic E-state index is -1.31. The number of carbonyl (C=O) groups is 6. The van der Waals surface area contributed by atoms with Crippen molar-refractivity contribution in [2.24, 2.45) is 11.5 Å². The number of hydrogen-bond acceptors (Lipinski definition) is 22. The molecule has 0 saturated heterocycles. The van der Waals surface area contributed by atoms with Gasteiger partial charge in [-0.25, -0.2) is 28.8 Å². The molecule has 22 nitrogen and oxygen atoms in total. The molecular weight excluding hydrogens is 933 g/mol. The largest absolute Gasteiger partial charge is 0.466 e. The van der Waals surface area contributed by atoms with Crippen molar-refractivity contribution in [3.8, 4) is 0 Å². The predicted octanol–water partition coefficient (Wildman–Crippen LogP) is 4.39. The van der Waals surface area contributed by atoms with E-state index in [2.05, 4.69) is 0 Å². The number of nitrogens with two attached hydrogens (primary N) is 2. The average molecular weight is 983 g/mol. The van der Waals surface area contributed by atoms with Crippen LogP contribution in [0, 0.1) is 20.2 Å². The Hall–Kier alpha value is -7.02. The molecule has 4 rings (SSSR count). The third kappa shape index (κ3) is 12.5. The zero-order valence-corrected chi connectivity index (χ0v) is 39.5. The van der Waals surface area contributed by atoms with Crippen molar-refractivity contribution in [2.75, 3.05) is 63.5 Å². The fourth-order valence-corrected chi connectivity index (χ4v) is 8.78. The smallest absolute Gasteiger partial charge is 0.356 e. The van der Waals surface area contributed by atoms with Gasteiger partial charge in [0.2, 0.25) is 0 Å². The predicted molar refractivity (Wildman–Crippen MR) is 246 cm³/mol. The van der Waals surface area contributed by atoms with Crippen LogP contribution in [-0.2, 0) is 57.4 Å². The highest BCUT2D eigenvalue weighted by atomic mass is 32.2. The van der Waals surface area contributed by atoms with E-state index in [1.54, 1.807) is 13.8 Å². The van der Waals surface area contributed by atoms with Crippen LogP contribution in [0.4, 0.5) is 11.4 Å².